The summed E-state index contributed by atoms with van der Waals surface area (Å²) in [7, 11) is 0. The lowest BCUT2D eigenvalue weighted by Crippen LogP contribution is -2.53. The first-order valence-electron chi connectivity index (χ1n) is 7.02. The number of rotatable bonds is 6. The number of carbonyl (C=O) groups excluding carboxylic acids is 1. The Labute approximate surface area is 158 Å². The third kappa shape index (κ3) is 5.54. The van der Waals surface area contributed by atoms with Gasteiger partial charge in [0.15, 0.2) is 0 Å². The number of nitro benzene ring substituents is 1. The molecule has 0 aliphatic carbocycles. The topological polar surface area (TPSA) is 97.2 Å². The second-order valence-electron chi connectivity index (χ2n) is 4.96. The molecule has 132 valence electrons. The number of carbonyl (C=O) groups is 1. The molecule has 0 unspecified atom stereocenters. The Hall–Kier alpha value is -1.93. The van der Waals surface area contributed by atoms with Crippen LogP contribution in [-0.2, 0) is 6.54 Å². The highest BCUT2D eigenvalue weighted by atomic mass is 35.6. The minimum Gasteiger partial charge on any atom is -0.332 e. The molecule has 2 rings (SSSR count). The molecule has 0 aliphatic rings. The van der Waals surface area contributed by atoms with Crippen molar-refractivity contribution >= 4 is 46.4 Å². The minimum atomic E-state index is -1.87. The van der Waals surface area contributed by atoms with Crippen LogP contribution in [0.5, 0.6) is 0 Å². The van der Waals surface area contributed by atoms with Crippen LogP contribution >= 0.6 is 34.8 Å². The van der Waals surface area contributed by atoms with Crippen molar-refractivity contribution in [1.29, 1.82) is 0 Å². The standard InChI is InChI=1S/C15H13Cl3N4O3/c16-15(17,18)14(20-9-10-4-3-7-19-8-10)21-13(23)11-5-1-2-6-12(11)22(24)25/h1-8,14,20H,9H2,(H,21,23)/t14-/m1/s1. The van der Waals surface area contributed by atoms with E-state index in [-0.39, 0.29) is 17.8 Å². The average Bonchev–Trinajstić information content (AvgIpc) is 2.58. The zero-order chi connectivity index (χ0) is 18.4. The van der Waals surface area contributed by atoms with Gasteiger partial charge in [0, 0.05) is 25.0 Å². The number of hydrogen-bond donors (Lipinski definition) is 2. The number of hydrogen-bond acceptors (Lipinski definition) is 5. The number of halogens is 3. The fourth-order valence-corrected chi connectivity index (χ4v) is 2.40. The molecule has 0 radical (unpaired) electrons. The third-order valence-electron chi connectivity index (χ3n) is 3.18. The molecule has 7 nitrogen and oxygen atoms in total. The number of para-hydroxylation sites is 1. The summed E-state index contributed by atoms with van der Waals surface area (Å²) in [4.78, 5) is 26.8. The van der Waals surface area contributed by atoms with Gasteiger partial charge in [0.2, 0.25) is 3.79 Å². The molecule has 10 heteroatoms. The number of nitrogens with zero attached hydrogens (tertiary/aromatic N) is 2. The van der Waals surface area contributed by atoms with Crippen LogP contribution < -0.4 is 10.6 Å². The molecule has 0 spiro atoms. The van der Waals surface area contributed by atoms with Gasteiger partial charge in [0.1, 0.15) is 11.7 Å². The monoisotopic (exact) mass is 402 g/mol. The van der Waals surface area contributed by atoms with E-state index in [1.54, 1.807) is 24.5 Å². The van der Waals surface area contributed by atoms with Crippen LogP contribution in [0.1, 0.15) is 15.9 Å². The van der Waals surface area contributed by atoms with Crippen molar-refractivity contribution in [3.8, 4) is 0 Å². The van der Waals surface area contributed by atoms with Crippen molar-refractivity contribution in [2.24, 2.45) is 0 Å². The molecule has 2 N–H and O–H groups in total. The maximum Gasteiger partial charge on any atom is 0.282 e. The number of nitro groups is 1. The van der Waals surface area contributed by atoms with E-state index in [4.69, 9.17) is 34.8 Å². The van der Waals surface area contributed by atoms with E-state index in [0.29, 0.717) is 0 Å². The van der Waals surface area contributed by atoms with Gasteiger partial charge in [-0.1, -0.05) is 53.0 Å². The van der Waals surface area contributed by atoms with Crippen LogP contribution in [0.15, 0.2) is 48.8 Å². The van der Waals surface area contributed by atoms with Crippen molar-refractivity contribution in [1.82, 2.24) is 15.6 Å². The average molecular weight is 404 g/mol. The second kappa shape index (κ2) is 8.44. The van der Waals surface area contributed by atoms with E-state index < -0.39 is 20.8 Å². The van der Waals surface area contributed by atoms with Gasteiger partial charge in [-0.2, -0.15) is 0 Å². The molecule has 1 amide bonds. The molecular weight excluding hydrogens is 391 g/mol. The van der Waals surface area contributed by atoms with Crippen LogP contribution in [-0.4, -0.2) is 25.8 Å². The van der Waals surface area contributed by atoms with Gasteiger partial charge in [-0.05, 0) is 17.7 Å². The summed E-state index contributed by atoms with van der Waals surface area (Å²) < 4.78 is -1.87. The van der Waals surface area contributed by atoms with Gasteiger partial charge in [-0.15, -0.1) is 0 Å². The van der Waals surface area contributed by atoms with Gasteiger partial charge in [0.25, 0.3) is 11.6 Å². The lowest BCUT2D eigenvalue weighted by Gasteiger charge is -2.26. The third-order valence-corrected chi connectivity index (χ3v) is 3.84. The van der Waals surface area contributed by atoms with Crippen molar-refractivity contribution < 1.29 is 9.72 Å². The second-order valence-corrected chi connectivity index (χ2v) is 7.33. The molecule has 1 atom stereocenters. The van der Waals surface area contributed by atoms with Crippen LogP contribution in [0.3, 0.4) is 0 Å². The molecule has 1 aromatic heterocycles. The molecule has 0 saturated carbocycles. The summed E-state index contributed by atoms with van der Waals surface area (Å²) in [5.74, 6) is -0.734. The lowest BCUT2D eigenvalue weighted by molar-refractivity contribution is -0.385. The van der Waals surface area contributed by atoms with E-state index in [1.807, 2.05) is 0 Å². The molecule has 0 bridgehead atoms. The maximum atomic E-state index is 12.4. The van der Waals surface area contributed by atoms with E-state index in [1.165, 1.54) is 24.3 Å². The maximum absolute atomic E-state index is 12.4. The first kappa shape index (κ1) is 19.4. The number of alkyl halides is 3. The first-order valence-corrected chi connectivity index (χ1v) is 8.15. The van der Waals surface area contributed by atoms with Gasteiger partial charge in [0.05, 0.1) is 4.92 Å². The number of nitrogens with one attached hydrogen (secondary N) is 2. The van der Waals surface area contributed by atoms with Crippen LogP contribution in [0.25, 0.3) is 0 Å². The molecule has 1 aromatic carbocycles. The SMILES string of the molecule is O=C(N[C@@H](NCc1cccnc1)C(Cl)(Cl)Cl)c1ccccc1[N+](=O)[O-]. The Balaban J connectivity index is 2.14. The van der Waals surface area contributed by atoms with Crippen LogP contribution in [0.4, 0.5) is 5.69 Å². The molecular formula is C15H13Cl3N4O3. The van der Waals surface area contributed by atoms with E-state index in [9.17, 15) is 14.9 Å². The molecule has 2 aromatic rings. The highest BCUT2D eigenvalue weighted by Gasteiger charge is 2.34. The number of pyridine rings is 1. The minimum absolute atomic E-state index is 0.130. The molecule has 0 fully saturated rings. The summed E-state index contributed by atoms with van der Waals surface area (Å²) in [5.41, 5.74) is 0.340. The largest absolute Gasteiger partial charge is 0.332 e. The summed E-state index contributed by atoms with van der Waals surface area (Å²) in [6.45, 7) is 0.267. The van der Waals surface area contributed by atoms with Gasteiger partial charge in [-0.25, -0.2) is 0 Å². The Morgan fingerprint density at radius 1 is 1.24 bits per heavy atom. The number of aromatic nitrogens is 1. The zero-order valence-corrected chi connectivity index (χ0v) is 14.9. The van der Waals surface area contributed by atoms with Crippen molar-refractivity contribution in [3.63, 3.8) is 0 Å². The number of amides is 1. The smallest absolute Gasteiger partial charge is 0.282 e. The molecule has 0 saturated heterocycles. The highest BCUT2D eigenvalue weighted by Crippen LogP contribution is 2.30. The Bertz CT molecular complexity index is 753. The van der Waals surface area contributed by atoms with Crippen molar-refractivity contribution in [3.05, 3.63) is 70.0 Å². The highest BCUT2D eigenvalue weighted by molar-refractivity contribution is 6.68. The molecule has 25 heavy (non-hydrogen) atoms. The van der Waals surface area contributed by atoms with Crippen molar-refractivity contribution in [2.45, 2.75) is 16.5 Å². The van der Waals surface area contributed by atoms with Gasteiger partial charge < -0.3 is 5.32 Å². The zero-order valence-electron chi connectivity index (χ0n) is 12.7. The van der Waals surface area contributed by atoms with Gasteiger partial charge >= 0.3 is 0 Å². The fourth-order valence-electron chi connectivity index (χ4n) is 2.00. The predicted octanol–water partition coefficient (Wildman–Crippen LogP) is 3.21. The Morgan fingerprint density at radius 2 is 1.96 bits per heavy atom. The quantitative estimate of drug-likeness (QED) is 0.334. The van der Waals surface area contributed by atoms with Gasteiger partial charge in [-0.3, -0.25) is 25.2 Å². The summed E-state index contributed by atoms with van der Waals surface area (Å²) in [5, 5.41) is 16.4. The first-order chi connectivity index (χ1) is 11.8. The van der Waals surface area contributed by atoms with E-state index in [0.717, 1.165) is 5.56 Å². The van der Waals surface area contributed by atoms with E-state index in [2.05, 4.69) is 15.6 Å². The Morgan fingerprint density at radius 3 is 2.56 bits per heavy atom. The Kier molecular flexibility index (Phi) is 6.55. The lowest BCUT2D eigenvalue weighted by atomic mass is 10.1. The van der Waals surface area contributed by atoms with Crippen LogP contribution in [0, 0.1) is 10.1 Å². The summed E-state index contributed by atoms with van der Waals surface area (Å²) in [6.07, 6.45) is 2.16. The molecule has 1 heterocycles. The van der Waals surface area contributed by atoms with E-state index >= 15 is 0 Å². The summed E-state index contributed by atoms with van der Waals surface area (Å²) in [6, 6.07) is 9.07. The number of benzene rings is 1. The fraction of sp³-hybridized carbons (Fsp3) is 0.200. The van der Waals surface area contributed by atoms with Crippen LogP contribution in [0.2, 0.25) is 0 Å². The van der Waals surface area contributed by atoms with Crippen molar-refractivity contribution in [2.75, 3.05) is 0 Å². The predicted molar refractivity (Wildman–Crippen MR) is 95.7 cm³/mol. The molecule has 0 aliphatic heterocycles. The normalized spacial score (nSPS) is 12.4. The summed E-state index contributed by atoms with van der Waals surface area (Å²) >= 11 is 17.7.